The van der Waals surface area contributed by atoms with Crippen molar-refractivity contribution in [2.75, 3.05) is 13.1 Å². The Hall–Kier alpha value is -2.48. The Bertz CT molecular complexity index is 545. The van der Waals surface area contributed by atoms with E-state index in [1.807, 2.05) is 24.3 Å². The van der Waals surface area contributed by atoms with Gasteiger partial charge in [0, 0.05) is 25.2 Å². The van der Waals surface area contributed by atoms with E-state index >= 15 is 0 Å². The van der Waals surface area contributed by atoms with Crippen molar-refractivity contribution in [3.8, 4) is 12.3 Å². The molecule has 1 aromatic rings. The van der Waals surface area contributed by atoms with Crippen LogP contribution in [0.3, 0.4) is 0 Å². The van der Waals surface area contributed by atoms with Gasteiger partial charge in [0.25, 0.3) is 0 Å². The number of hydrogen-bond acceptors (Lipinski definition) is 2. The summed E-state index contributed by atoms with van der Waals surface area (Å²) < 4.78 is 0. The molecule has 20 heavy (non-hydrogen) atoms. The van der Waals surface area contributed by atoms with Crippen molar-refractivity contribution in [3.63, 3.8) is 0 Å². The third-order valence-electron chi connectivity index (χ3n) is 3.39. The molecule has 1 aromatic carbocycles. The van der Waals surface area contributed by atoms with Crippen LogP contribution >= 0.6 is 0 Å². The highest BCUT2D eigenvalue weighted by atomic mass is 16.4. The molecule has 0 aliphatic carbocycles. The second-order valence-corrected chi connectivity index (χ2v) is 4.77. The summed E-state index contributed by atoms with van der Waals surface area (Å²) in [5.41, 5.74) is 1.75. The average Bonchev–Trinajstić information content (AvgIpc) is 2.95. The molecule has 1 fully saturated rings. The van der Waals surface area contributed by atoms with E-state index < -0.39 is 11.9 Å². The second kappa shape index (κ2) is 6.11. The van der Waals surface area contributed by atoms with Crippen LogP contribution in [0.15, 0.2) is 24.3 Å². The largest absolute Gasteiger partial charge is 0.481 e. The summed E-state index contributed by atoms with van der Waals surface area (Å²) >= 11 is 0. The average molecular weight is 272 g/mol. The van der Waals surface area contributed by atoms with Gasteiger partial charge in [0.15, 0.2) is 0 Å². The molecule has 5 heteroatoms. The van der Waals surface area contributed by atoms with Crippen LogP contribution in [0.5, 0.6) is 0 Å². The molecule has 1 aliphatic rings. The predicted octanol–water partition coefficient (Wildman–Crippen LogP) is 1.28. The molecule has 104 valence electrons. The van der Waals surface area contributed by atoms with E-state index in [9.17, 15) is 9.59 Å². The number of benzene rings is 1. The standard InChI is InChI=1S/C15H16N2O3/c1-2-11-3-5-12(6-4-11)9-16-15(20)17-8-7-13(10-17)14(18)19/h1,3-6,13H,7-10H2,(H,16,20)(H,18,19). The number of terminal acetylenes is 1. The lowest BCUT2D eigenvalue weighted by molar-refractivity contribution is -0.141. The van der Waals surface area contributed by atoms with E-state index in [0.29, 0.717) is 19.5 Å². The van der Waals surface area contributed by atoms with Crippen LogP contribution in [0.1, 0.15) is 17.5 Å². The fourth-order valence-corrected chi connectivity index (χ4v) is 2.15. The molecule has 5 nitrogen and oxygen atoms in total. The molecule has 1 saturated heterocycles. The number of carboxylic acids is 1. The van der Waals surface area contributed by atoms with E-state index in [1.165, 1.54) is 4.90 Å². The van der Waals surface area contributed by atoms with Crippen LogP contribution in [0.25, 0.3) is 0 Å². The minimum absolute atomic E-state index is 0.227. The summed E-state index contributed by atoms with van der Waals surface area (Å²) in [4.78, 5) is 24.3. The van der Waals surface area contributed by atoms with E-state index in [-0.39, 0.29) is 12.6 Å². The first-order valence-corrected chi connectivity index (χ1v) is 6.41. The van der Waals surface area contributed by atoms with Gasteiger partial charge < -0.3 is 15.3 Å². The van der Waals surface area contributed by atoms with Gasteiger partial charge in [0.2, 0.25) is 0 Å². The highest BCUT2D eigenvalue weighted by molar-refractivity contribution is 5.77. The minimum atomic E-state index is -0.842. The maximum atomic E-state index is 11.9. The van der Waals surface area contributed by atoms with Gasteiger partial charge in [-0.25, -0.2) is 4.79 Å². The van der Waals surface area contributed by atoms with Gasteiger partial charge in [0.1, 0.15) is 0 Å². The van der Waals surface area contributed by atoms with Crippen molar-refractivity contribution in [1.29, 1.82) is 0 Å². The van der Waals surface area contributed by atoms with Gasteiger partial charge in [-0.15, -0.1) is 6.42 Å². The van der Waals surface area contributed by atoms with Crippen LogP contribution in [0.4, 0.5) is 4.79 Å². The second-order valence-electron chi connectivity index (χ2n) is 4.77. The zero-order valence-electron chi connectivity index (χ0n) is 11.0. The van der Waals surface area contributed by atoms with Crippen LogP contribution in [-0.4, -0.2) is 35.1 Å². The number of carboxylic acid groups (broad SMARTS) is 1. The van der Waals surface area contributed by atoms with Crippen molar-refractivity contribution in [2.45, 2.75) is 13.0 Å². The first-order valence-electron chi connectivity index (χ1n) is 6.41. The Labute approximate surface area is 117 Å². The van der Waals surface area contributed by atoms with Crippen LogP contribution in [0.2, 0.25) is 0 Å². The number of aliphatic carboxylic acids is 1. The molecule has 0 saturated carbocycles. The van der Waals surface area contributed by atoms with Gasteiger partial charge in [-0.3, -0.25) is 4.79 Å². The van der Waals surface area contributed by atoms with Gasteiger partial charge in [0.05, 0.1) is 5.92 Å². The summed E-state index contributed by atoms with van der Waals surface area (Å²) in [5, 5.41) is 11.7. The maximum Gasteiger partial charge on any atom is 0.317 e. The van der Waals surface area contributed by atoms with Gasteiger partial charge >= 0.3 is 12.0 Å². The maximum absolute atomic E-state index is 11.9. The SMILES string of the molecule is C#Cc1ccc(CNC(=O)N2CCC(C(=O)O)C2)cc1. The van der Waals surface area contributed by atoms with E-state index in [2.05, 4.69) is 11.2 Å². The van der Waals surface area contributed by atoms with Gasteiger partial charge in [-0.1, -0.05) is 18.1 Å². The number of urea groups is 1. The molecule has 1 heterocycles. The summed E-state index contributed by atoms with van der Waals surface area (Å²) in [5.74, 6) is 1.24. The number of carbonyl (C=O) groups is 2. The molecule has 1 unspecified atom stereocenters. The smallest absolute Gasteiger partial charge is 0.317 e. The molecule has 0 bridgehead atoms. The van der Waals surface area contributed by atoms with E-state index in [0.717, 1.165) is 11.1 Å². The fraction of sp³-hybridized carbons (Fsp3) is 0.333. The van der Waals surface area contributed by atoms with E-state index in [1.54, 1.807) is 0 Å². The molecule has 0 spiro atoms. The molecule has 2 amide bonds. The highest BCUT2D eigenvalue weighted by Gasteiger charge is 2.30. The van der Waals surface area contributed by atoms with Crippen molar-refractivity contribution >= 4 is 12.0 Å². The summed E-state index contributed by atoms with van der Waals surface area (Å²) in [7, 11) is 0. The van der Waals surface area contributed by atoms with Crippen LogP contribution < -0.4 is 5.32 Å². The lowest BCUT2D eigenvalue weighted by Gasteiger charge is -2.16. The Morgan fingerprint density at radius 1 is 1.40 bits per heavy atom. The van der Waals surface area contributed by atoms with Crippen molar-refractivity contribution in [1.82, 2.24) is 10.2 Å². The highest BCUT2D eigenvalue weighted by Crippen LogP contribution is 2.16. The molecule has 0 radical (unpaired) electrons. The Morgan fingerprint density at radius 2 is 2.10 bits per heavy atom. The number of amides is 2. The van der Waals surface area contributed by atoms with Crippen LogP contribution in [0, 0.1) is 18.3 Å². The Kier molecular flexibility index (Phi) is 4.26. The number of nitrogens with zero attached hydrogens (tertiary/aromatic N) is 1. The fourth-order valence-electron chi connectivity index (χ4n) is 2.15. The summed E-state index contributed by atoms with van der Waals surface area (Å²) in [6.07, 6.45) is 5.78. The number of rotatable bonds is 3. The number of likely N-dealkylation sites (tertiary alicyclic amines) is 1. The first-order chi connectivity index (χ1) is 9.60. The monoisotopic (exact) mass is 272 g/mol. The van der Waals surface area contributed by atoms with Crippen molar-refractivity contribution in [3.05, 3.63) is 35.4 Å². The number of carbonyl (C=O) groups excluding carboxylic acids is 1. The number of nitrogens with one attached hydrogen (secondary N) is 1. The summed E-state index contributed by atoms with van der Waals surface area (Å²) in [6, 6.07) is 7.13. The third-order valence-corrected chi connectivity index (χ3v) is 3.39. The van der Waals surface area contributed by atoms with Gasteiger partial charge in [-0.05, 0) is 24.1 Å². The Balaban J connectivity index is 1.83. The lowest BCUT2D eigenvalue weighted by atomic mass is 10.1. The normalized spacial score (nSPS) is 17.6. The molecule has 1 aliphatic heterocycles. The molecular weight excluding hydrogens is 256 g/mol. The summed E-state index contributed by atoms with van der Waals surface area (Å²) in [6.45, 7) is 1.16. The first kappa shape index (κ1) is 13.9. The van der Waals surface area contributed by atoms with E-state index in [4.69, 9.17) is 11.5 Å². The molecule has 2 rings (SSSR count). The topological polar surface area (TPSA) is 69.6 Å². The predicted molar refractivity (Wildman–Crippen MR) is 73.9 cm³/mol. The van der Waals surface area contributed by atoms with Gasteiger partial charge in [-0.2, -0.15) is 0 Å². The van der Waals surface area contributed by atoms with Crippen molar-refractivity contribution < 1.29 is 14.7 Å². The molecule has 0 aromatic heterocycles. The van der Waals surface area contributed by atoms with Crippen molar-refractivity contribution in [2.24, 2.45) is 5.92 Å². The molecular formula is C15H16N2O3. The minimum Gasteiger partial charge on any atom is -0.481 e. The van der Waals surface area contributed by atoms with Crippen LogP contribution in [-0.2, 0) is 11.3 Å². The molecule has 2 N–H and O–H groups in total. The third kappa shape index (κ3) is 3.29. The zero-order valence-corrected chi connectivity index (χ0v) is 11.0. The lowest BCUT2D eigenvalue weighted by Crippen LogP contribution is -2.38. The number of hydrogen-bond donors (Lipinski definition) is 2. The zero-order chi connectivity index (χ0) is 14.5. The quantitative estimate of drug-likeness (QED) is 0.814. The Morgan fingerprint density at radius 3 is 2.65 bits per heavy atom. The molecule has 1 atom stereocenters.